The summed E-state index contributed by atoms with van der Waals surface area (Å²) in [5.74, 6) is 0.0307. The molecule has 1 aliphatic carbocycles. The number of ketones is 1. The molecule has 1 saturated heterocycles. The van der Waals surface area contributed by atoms with Crippen LogP contribution in [0.3, 0.4) is 0 Å². The predicted octanol–water partition coefficient (Wildman–Crippen LogP) is 3.56. The highest BCUT2D eigenvalue weighted by molar-refractivity contribution is 6.01. The van der Waals surface area contributed by atoms with Gasteiger partial charge in [-0.05, 0) is 63.8 Å². The molecule has 1 aromatic carbocycles. The molecule has 3 aromatic rings. The summed E-state index contributed by atoms with van der Waals surface area (Å²) >= 11 is 0. The first-order chi connectivity index (χ1) is 18.3. The monoisotopic (exact) mass is 513 g/mol. The van der Waals surface area contributed by atoms with E-state index in [9.17, 15) is 14.4 Å². The van der Waals surface area contributed by atoms with Crippen molar-refractivity contribution in [1.82, 2.24) is 14.5 Å². The van der Waals surface area contributed by atoms with E-state index in [4.69, 9.17) is 10.7 Å². The molecular weight excluding hydrogens is 478 g/mol. The summed E-state index contributed by atoms with van der Waals surface area (Å²) in [5.41, 5.74) is 11.7. The highest BCUT2D eigenvalue weighted by Crippen LogP contribution is 2.44. The number of nitrogens with two attached hydrogens (primary N) is 1. The summed E-state index contributed by atoms with van der Waals surface area (Å²) in [5, 5.41) is 0.989. The number of pyridine rings is 2. The number of hydrogen-bond donors (Lipinski definition) is 1. The molecule has 2 unspecified atom stereocenters. The Bertz CT molecular complexity index is 1520. The highest BCUT2D eigenvalue weighted by atomic mass is 16.2. The van der Waals surface area contributed by atoms with E-state index in [0.29, 0.717) is 32.6 Å². The number of hydrogen-bond acceptors (Lipinski definition) is 6. The van der Waals surface area contributed by atoms with Crippen molar-refractivity contribution in [3.05, 3.63) is 57.4 Å². The Morgan fingerprint density at radius 1 is 1.08 bits per heavy atom. The lowest BCUT2D eigenvalue weighted by molar-refractivity contribution is -0.130. The standard InChI is InChI=1S/C30H35N5O3/c1-17(2)34-16-35(24(30(34)38)10-6-7-13-31)28-20-8-4-5-9-23(20)32-27-22(28)15-33-25(27)14-21-18(3)26(36)12-11-19(21)29(33)37/h4-5,8-9,14,17-18,24H,6-7,10-13,15-16,31H2,1-3H3. The zero-order chi connectivity index (χ0) is 26.7. The molecule has 3 aliphatic rings. The van der Waals surface area contributed by atoms with Gasteiger partial charge in [-0.2, -0.15) is 0 Å². The summed E-state index contributed by atoms with van der Waals surface area (Å²) < 4.78 is 1.82. The van der Waals surface area contributed by atoms with Crippen molar-refractivity contribution in [2.75, 3.05) is 18.1 Å². The van der Waals surface area contributed by atoms with E-state index in [0.717, 1.165) is 63.9 Å². The Morgan fingerprint density at radius 2 is 1.87 bits per heavy atom. The molecule has 0 spiro atoms. The van der Waals surface area contributed by atoms with Crippen LogP contribution < -0.4 is 16.2 Å². The molecule has 2 aromatic heterocycles. The highest BCUT2D eigenvalue weighted by Gasteiger charge is 2.42. The summed E-state index contributed by atoms with van der Waals surface area (Å²) in [4.78, 5) is 49.1. The minimum absolute atomic E-state index is 0.0225. The normalized spacial score (nSPS) is 20.4. The lowest BCUT2D eigenvalue weighted by Crippen LogP contribution is -2.35. The quantitative estimate of drug-likeness (QED) is 0.396. The lowest BCUT2D eigenvalue weighted by Gasteiger charge is -2.28. The SMILES string of the molecule is CC1C(=O)CCc2c1cc1n(c2=O)Cc2c-1nc1ccccc1c2N1CN(C(C)C)C(=O)C1CCCCN. The number of fused-ring (bicyclic) bond motifs is 5. The molecule has 8 heteroatoms. The van der Waals surface area contributed by atoms with Crippen LogP contribution in [0.5, 0.6) is 0 Å². The van der Waals surface area contributed by atoms with Gasteiger partial charge in [-0.3, -0.25) is 14.4 Å². The van der Waals surface area contributed by atoms with Gasteiger partial charge in [0.25, 0.3) is 5.56 Å². The van der Waals surface area contributed by atoms with E-state index in [-0.39, 0.29) is 35.3 Å². The number of nitrogens with zero attached hydrogens (tertiary/aromatic N) is 4. The van der Waals surface area contributed by atoms with Crippen molar-refractivity contribution in [2.24, 2.45) is 5.73 Å². The van der Waals surface area contributed by atoms with Crippen molar-refractivity contribution in [2.45, 2.75) is 77.4 Å². The zero-order valence-corrected chi connectivity index (χ0v) is 22.4. The topological polar surface area (TPSA) is 102 Å². The number of rotatable bonds is 6. The predicted molar refractivity (Wildman–Crippen MR) is 148 cm³/mol. The van der Waals surface area contributed by atoms with Gasteiger partial charge in [0, 0.05) is 34.9 Å². The van der Waals surface area contributed by atoms with Gasteiger partial charge in [0.15, 0.2) is 0 Å². The van der Waals surface area contributed by atoms with E-state index in [1.807, 2.05) is 40.7 Å². The van der Waals surface area contributed by atoms with Crippen molar-refractivity contribution >= 4 is 28.3 Å². The van der Waals surface area contributed by atoms with Gasteiger partial charge in [-0.25, -0.2) is 4.98 Å². The average Bonchev–Trinajstić information content (AvgIpc) is 3.43. The Kier molecular flexibility index (Phi) is 6.10. The Balaban J connectivity index is 1.55. The van der Waals surface area contributed by atoms with Crippen LogP contribution in [0.25, 0.3) is 22.3 Å². The van der Waals surface area contributed by atoms with Gasteiger partial charge in [0.05, 0.1) is 35.8 Å². The second-order valence-electron chi connectivity index (χ2n) is 11.2. The van der Waals surface area contributed by atoms with Crippen LogP contribution in [0.4, 0.5) is 5.69 Å². The fraction of sp³-hybridized carbons (Fsp3) is 0.467. The lowest BCUT2D eigenvalue weighted by atomic mass is 9.83. The van der Waals surface area contributed by atoms with Gasteiger partial charge in [0.1, 0.15) is 11.8 Å². The largest absolute Gasteiger partial charge is 0.341 e. The molecule has 0 bridgehead atoms. The smallest absolute Gasteiger partial charge is 0.254 e. The van der Waals surface area contributed by atoms with Crippen LogP contribution in [-0.4, -0.2) is 51.4 Å². The Hall–Kier alpha value is -3.52. The number of amides is 1. The molecule has 8 nitrogen and oxygen atoms in total. The Labute approximate surface area is 222 Å². The molecule has 4 heterocycles. The number of benzene rings is 1. The maximum absolute atomic E-state index is 13.7. The summed E-state index contributed by atoms with van der Waals surface area (Å²) in [6.45, 7) is 7.51. The number of carbonyl (C=O) groups is 2. The van der Waals surface area contributed by atoms with Crippen LogP contribution in [-0.2, 0) is 22.6 Å². The van der Waals surface area contributed by atoms with E-state index >= 15 is 0 Å². The first-order valence-electron chi connectivity index (χ1n) is 13.8. The first-order valence-corrected chi connectivity index (χ1v) is 13.8. The molecule has 2 N–H and O–H groups in total. The van der Waals surface area contributed by atoms with Crippen LogP contribution in [0, 0.1) is 0 Å². The number of unbranched alkanes of at least 4 members (excludes halogenated alkanes) is 1. The number of carbonyl (C=O) groups excluding carboxylic acids is 2. The van der Waals surface area contributed by atoms with Gasteiger partial charge in [-0.1, -0.05) is 25.1 Å². The minimum Gasteiger partial charge on any atom is -0.341 e. The molecule has 198 valence electrons. The fourth-order valence-corrected chi connectivity index (χ4v) is 6.48. The van der Waals surface area contributed by atoms with Gasteiger partial charge >= 0.3 is 0 Å². The summed E-state index contributed by atoms with van der Waals surface area (Å²) in [6, 6.07) is 9.84. The van der Waals surface area contributed by atoms with Crippen LogP contribution in [0.15, 0.2) is 35.1 Å². The van der Waals surface area contributed by atoms with Crippen LogP contribution in [0.1, 0.15) is 69.1 Å². The third-order valence-electron chi connectivity index (χ3n) is 8.62. The van der Waals surface area contributed by atoms with Crippen LogP contribution >= 0.6 is 0 Å². The van der Waals surface area contributed by atoms with Gasteiger partial charge in [-0.15, -0.1) is 0 Å². The number of aromatic nitrogens is 2. The van der Waals surface area contributed by atoms with Crippen molar-refractivity contribution < 1.29 is 9.59 Å². The van der Waals surface area contributed by atoms with Crippen molar-refractivity contribution in [3.8, 4) is 11.4 Å². The second kappa shape index (κ2) is 9.34. The van der Waals surface area contributed by atoms with E-state index in [1.165, 1.54) is 0 Å². The fourth-order valence-electron chi connectivity index (χ4n) is 6.48. The molecule has 2 aliphatic heterocycles. The van der Waals surface area contributed by atoms with Gasteiger partial charge < -0.3 is 20.1 Å². The maximum atomic E-state index is 13.7. The number of anilines is 1. The van der Waals surface area contributed by atoms with Gasteiger partial charge in [0.2, 0.25) is 5.91 Å². The summed E-state index contributed by atoms with van der Waals surface area (Å²) in [6.07, 6.45) is 3.38. The summed E-state index contributed by atoms with van der Waals surface area (Å²) in [7, 11) is 0. The third-order valence-corrected chi connectivity index (χ3v) is 8.62. The molecule has 38 heavy (non-hydrogen) atoms. The Morgan fingerprint density at radius 3 is 2.63 bits per heavy atom. The molecule has 1 fully saturated rings. The van der Waals surface area contributed by atoms with E-state index in [2.05, 4.69) is 24.8 Å². The number of para-hydroxylation sites is 1. The molecule has 1 amide bonds. The second-order valence-corrected chi connectivity index (χ2v) is 11.2. The van der Waals surface area contributed by atoms with Crippen LogP contribution in [0.2, 0.25) is 0 Å². The minimum atomic E-state index is -0.288. The van der Waals surface area contributed by atoms with Crippen molar-refractivity contribution in [1.29, 1.82) is 0 Å². The first kappa shape index (κ1) is 24.8. The molecular formula is C30H35N5O3. The molecule has 2 atom stereocenters. The average molecular weight is 514 g/mol. The molecule has 0 radical (unpaired) electrons. The molecule has 6 rings (SSSR count). The molecule has 0 saturated carbocycles. The van der Waals surface area contributed by atoms with E-state index < -0.39 is 0 Å². The maximum Gasteiger partial charge on any atom is 0.254 e. The number of Topliss-reactive ketones (excluding diaryl/α,β-unsaturated/α-hetero) is 1. The van der Waals surface area contributed by atoms with E-state index in [1.54, 1.807) is 0 Å². The zero-order valence-electron chi connectivity index (χ0n) is 22.4. The van der Waals surface area contributed by atoms with Crippen molar-refractivity contribution in [3.63, 3.8) is 0 Å². The third kappa shape index (κ3) is 3.68.